The first-order chi connectivity index (χ1) is 14.6. The van der Waals surface area contributed by atoms with Crippen molar-refractivity contribution in [3.05, 3.63) is 59.9 Å². The smallest absolute Gasteiger partial charge is 0.207 e. The zero-order valence-corrected chi connectivity index (χ0v) is 19.4. The summed E-state index contributed by atoms with van der Waals surface area (Å²) in [6.45, 7) is 3.86. The predicted octanol–water partition coefficient (Wildman–Crippen LogP) is 4.21. The Morgan fingerprint density at radius 2 is 1.48 bits per heavy atom. The van der Waals surface area contributed by atoms with Crippen LogP contribution < -0.4 is 4.72 Å². The molecule has 1 atom stereocenters. The largest absolute Gasteiger partial charge is 0.243 e. The molecule has 1 N–H and O–H groups in total. The quantitative estimate of drug-likeness (QED) is 0.629. The van der Waals surface area contributed by atoms with Gasteiger partial charge in [0.2, 0.25) is 20.0 Å². The molecule has 1 saturated carbocycles. The molecule has 2 aromatic rings. The summed E-state index contributed by atoms with van der Waals surface area (Å²) in [6.07, 6.45) is 4.87. The van der Waals surface area contributed by atoms with Crippen molar-refractivity contribution >= 4 is 20.0 Å². The molecular weight excluding hydrogens is 439 g/mol. The van der Waals surface area contributed by atoms with Crippen LogP contribution in [0.25, 0.3) is 0 Å². The van der Waals surface area contributed by atoms with Gasteiger partial charge in [0.15, 0.2) is 0 Å². The Morgan fingerprint density at radius 3 is 2.03 bits per heavy atom. The van der Waals surface area contributed by atoms with Gasteiger partial charge in [0.1, 0.15) is 5.82 Å². The van der Waals surface area contributed by atoms with Gasteiger partial charge in [-0.2, -0.15) is 4.31 Å². The first-order valence-electron chi connectivity index (χ1n) is 10.5. The summed E-state index contributed by atoms with van der Waals surface area (Å²) in [5.41, 5.74) is 0.621. The fourth-order valence-corrected chi connectivity index (χ4v) is 6.97. The molecular formula is C22H29FN2O4S2. The van der Waals surface area contributed by atoms with E-state index in [1.807, 2.05) is 6.92 Å². The van der Waals surface area contributed by atoms with Gasteiger partial charge in [-0.1, -0.05) is 38.3 Å². The van der Waals surface area contributed by atoms with Gasteiger partial charge in [-0.25, -0.2) is 25.9 Å². The summed E-state index contributed by atoms with van der Waals surface area (Å²) in [4.78, 5) is 0.0617. The third kappa shape index (κ3) is 5.52. The van der Waals surface area contributed by atoms with Crippen LogP contribution in [0.5, 0.6) is 0 Å². The molecule has 2 aromatic carbocycles. The minimum atomic E-state index is -3.88. The van der Waals surface area contributed by atoms with E-state index in [0.29, 0.717) is 12.1 Å². The predicted molar refractivity (Wildman–Crippen MR) is 118 cm³/mol. The van der Waals surface area contributed by atoms with Crippen LogP contribution in [0.1, 0.15) is 57.6 Å². The van der Waals surface area contributed by atoms with E-state index in [4.69, 9.17) is 0 Å². The number of halogens is 1. The van der Waals surface area contributed by atoms with Crippen molar-refractivity contribution in [1.82, 2.24) is 9.03 Å². The Morgan fingerprint density at radius 1 is 0.935 bits per heavy atom. The van der Waals surface area contributed by atoms with Crippen molar-refractivity contribution in [2.24, 2.45) is 0 Å². The Labute approximate surface area is 184 Å². The number of sulfonamides is 2. The third-order valence-corrected chi connectivity index (χ3v) is 9.33. The zero-order chi connectivity index (χ0) is 22.6. The topological polar surface area (TPSA) is 83.6 Å². The molecule has 6 nitrogen and oxygen atoms in total. The molecule has 0 aliphatic heterocycles. The first kappa shape index (κ1) is 23.8. The average molecular weight is 469 g/mol. The number of benzene rings is 2. The summed E-state index contributed by atoms with van der Waals surface area (Å²) in [5, 5.41) is 0. The summed E-state index contributed by atoms with van der Waals surface area (Å²) < 4.78 is 68.9. The van der Waals surface area contributed by atoms with Gasteiger partial charge < -0.3 is 0 Å². The lowest BCUT2D eigenvalue weighted by Crippen LogP contribution is -2.41. The lowest BCUT2D eigenvalue weighted by atomic mass is 9.95. The van der Waals surface area contributed by atoms with Crippen molar-refractivity contribution in [2.75, 3.05) is 6.54 Å². The summed E-state index contributed by atoms with van der Waals surface area (Å²) in [7, 11) is -7.58. The van der Waals surface area contributed by atoms with Gasteiger partial charge in [-0.15, -0.1) is 0 Å². The SMILES string of the molecule is CCN(C1CCCCC1)S(=O)(=O)c1ccc(S(=O)(=O)N[C@H](C)c2ccc(F)cc2)cc1. The molecule has 1 aliphatic rings. The first-order valence-corrected chi connectivity index (χ1v) is 13.5. The van der Waals surface area contributed by atoms with Gasteiger partial charge in [0.05, 0.1) is 9.79 Å². The van der Waals surface area contributed by atoms with E-state index in [1.165, 1.54) is 52.8 Å². The highest BCUT2D eigenvalue weighted by atomic mass is 32.2. The van der Waals surface area contributed by atoms with Gasteiger partial charge in [0, 0.05) is 18.6 Å². The molecule has 1 aliphatic carbocycles. The van der Waals surface area contributed by atoms with Crippen LogP contribution in [0.15, 0.2) is 58.3 Å². The zero-order valence-electron chi connectivity index (χ0n) is 17.8. The van der Waals surface area contributed by atoms with E-state index in [2.05, 4.69) is 4.72 Å². The van der Waals surface area contributed by atoms with Crippen LogP contribution >= 0.6 is 0 Å². The second kappa shape index (κ2) is 9.77. The highest BCUT2D eigenvalue weighted by Crippen LogP contribution is 2.28. The van der Waals surface area contributed by atoms with Gasteiger partial charge in [-0.05, 0) is 61.7 Å². The van der Waals surface area contributed by atoms with Crippen LogP contribution in [-0.2, 0) is 20.0 Å². The van der Waals surface area contributed by atoms with E-state index in [1.54, 1.807) is 6.92 Å². The molecule has 31 heavy (non-hydrogen) atoms. The maximum Gasteiger partial charge on any atom is 0.243 e. The molecule has 0 bridgehead atoms. The van der Waals surface area contributed by atoms with Crippen LogP contribution in [-0.4, -0.2) is 33.7 Å². The molecule has 0 heterocycles. The fourth-order valence-electron chi connectivity index (χ4n) is 4.04. The molecule has 0 saturated heterocycles. The maximum absolute atomic E-state index is 13.1. The molecule has 0 amide bonds. The number of hydrogen-bond acceptors (Lipinski definition) is 4. The van der Waals surface area contributed by atoms with Crippen LogP contribution in [0.3, 0.4) is 0 Å². The van der Waals surface area contributed by atoms with Crippen molar-refractivity contribution in [3.63, 3.8) is 0 Å². The van der Waals surface area contributed by atoms with E-state index in [-0.39, 0.29) is 15.8 Å². The third-order valence-electron chi connectivity index (χ3n) is 5.74. The van der Waals surface area contributed by atoms with E-state index < -0.39 is 31.9 Å². The maximum atomic E-state index is 13.1. The van der Waals surface area contributed by atoms with Crippen molar-refractivity contribution in [3.8, 4) is 0 Å². The van der Waals surface area contributed by atoms with Gasteiger partial charge in [-0.3, -0.25) is 0 Å². The Bertz CT molecular complexity index is 1080. The second-order valence-electron chi connectivity index (χ2n) is 7.87. The molecule has 1 fully saturated rings. The molecule has 3 rings (SSSR count). The van der Waals surface area contributed by atoms with E-state index in [0.717, 1.165) is 32.1 Å². The number of hydrogen-bond donors (Lipinski definition) is 1. The standard InChI is InChI=1S/C22H29FN2O4S2/c1-3-25(20-7-5-4-6-8-20)31(28,29)22-15-13-21(14-16-22)30(26,27)24-17(2)18-9-11-19(23)12-10-18/h9-17,20,24H,3-8H2,1-2H3/t17-/m1/s1. The second-order valence-corrected chi connectivity index (χ2v) is 11.5. The average Bonchev–Trinajstić information content (AvgIpc) is 2.75. The van der Waals surface area contributed by atoms with Crippen LogP contribution in [0.4, 0.5) is 4.39 Å². The summed E-state index contributed by atoms with van der Waals surface area (Å²) in [6, 6.07) is 10.3. The molecule has 170 valence electrons. The minimum absolute atomic E-state index is 0.00890. The fraction of sp³-hybridized carbons (Fsp3) is 0.455. The van der Waals surface area contributed by atoms with Crippen LogP contribution in [0, 0.1) is 5.82 Å². The number of rotatable bonds is 8. The van der Waals surface area contributed by atoms with Crippen molar-refractivity contribution in [1.29, 1.82) is 0 Å². The van der Waals surface area contributed by atoms with Crippen molar-refractivity contribution < 1.29 is 21.2 Å². The Hall–Kier alpha value is -1.81. The Balaban J connectivity index is 1.78. The lowest BCUT2D eigenvalue weighted by Gasteiger charge is -2.32. The van der Waals surface area contributed by atoms with Gasteiger partial charge in [0.25, 0.3) is 0 Å². The van der Waals surface area contributed by atoms with E-state index >= 15 is 0 Å². The molecule has 0 spiro atoms. The summed E-state index contributed by atoms with van der Waals surface area (Å²) in [5.74, 6) is -0.398. The molecule has 0 radical (unpaired) electrons. The van der Waals surface area contributed by atoms with Crippen molar-refractivity contribution in [2.45, 2.75) is 67.8 Å². The number of nitrogens with zero attached hydrogens (tertiary/aromatic N) is 1. The molecule has 0 aromatic heterocycles. The lowest BCUT2D eigenvalue weighted by molar-refractivity contribution is 0.261. The highest BCUT2D eigenvalue weighted by Gasteiger charge is 2.31. The molecule has 0 unspecified atom stereocenters. The Kier molecular flexibility index (Phi) is 7.51. The minimum Gasteiger partial charge on any atom is -0.207 e. The van der Waals surface area contributed by atoms with Gasteiger partial charge >= 0.3 is 0 Å². The monoisotopic (exact) mass is 468 g/mol. The molecule has 9 heteroatoms. The van der Waals surface area contributed by atoms with E-state index in [9.17, 15) is 21.2 Å². The normalized spacial score (nSPS) is 17.0. The summed E-state index contributed by atoms with van der Waals surface area (Å²) >= 11 is 0. The number of nitrogens with one attached hydrogen (secondary N) is 1. The van der Waals surface area contributed by atoms with Crippen LogP contribution in [0.2, 0.25) is 0 Å². The highest BCUT2D eigenvalue weighted by molar-refractivity contribution is 7.89.